The third-order valence-electron chi connectivity index (χ3n) is 2.51. The van der Waals surface area contributed by atoms with Crippen LogP contribution >= 0.6 is 11.3 Å². The molecule has 0 amide bonds. The van der Waals surface area contributed by atoms with E-state index in [-0.39, 0.29) is 6.04 Å². The van der Waals surface area contributed by atoms with Crippen molar-refractivity contribution >= 4 is 11.3 Å². The quantitative estimate of drug-likeness (QED) is 0.828. The van der Waals surface area contributed by atoms with Gasteiger partial charge in [0.2, 0.25) is 0 Å². The Morgan fingerprint density at radius 3 is 2.81 bits per heavy atom. The highest BCUT2D eigenvalue weighted by atomic mass is 32.1. The Kier molecular flexibility index (Phi) is 5.47. The summed E-state index contributed by atoms with van der Waals surface area (Å²) >= 11 is 1.55. The molecule has 0 aromatic carbocycles. The average molecular weight is 238 g/mol. The Balaban J connectivity index is 2.57. The fraction of sp³-hybridized carbons (Fsp3) is 0.583. The third kappa shape index (κ3) is 3.60. The Labute approximate surface area is 101 Å². The zero-order chi connectivity index (χ0) is 12.0. The lowest BCUT2D eigenvalue weighted by atomic mass is 10.2. The molecule has 3 nitrogen and oxygen atoms in total. The predicted octanol–water partition coefficient (Wildman–Crippen LogP) is 2.70. The molecule has 0 saturated carbocycles. The minimum atomic E-state index is 0.271. The van der Waals surface area contributed by atoms with E-state index in [9.17, 15) is 0 Å². The van der Waals surface area contributed by atoms with E-state index in [0.29, 0.717) is 6.04 Å². The molecule has 88 valence electrons. The van der Waals surface area contributed by atoms with Crippen molar-refractivity contribution in [2.24, 2.45) is 0 Å². The molecule has 0 aliphatic rings. The first-order valence-electron chi connectivity index (χ1n) is 5.46. The predicted molar refractivity (Wildman–Crippen MR) is 66.5 cm³/mol. The smallest absolute Gasteiger partial charge is 0.110 e. The lowest BCUT2D eigenvalue weighted by molar-refractivity contribution is 0.160. The first-order chi connectivity index (χ1) is 7.71. The molecule has 0 spiro atoms. The Morgan fingerprint density at radius 1 is 1.56 bits per heavy atom. The van der Waals surface area contributed by atoms with Crippen LogP contribution in [0.1, 0.15) is 36.1 Å². The van der Waals surface area contributed by atoms with Gasteiger partial charge in [0.25, 0.3) is 0 Å². The summed E-state index contributed by atoms with van der Waals surface area (Å²) in [6.45, 7) is 4.97. The van der Waals surface area contributed by atoms with E-state index in [1.54, 1.807) is 18.4 Å². The number of ether oxygens (including phenoxy) is 1. The molecule has 0 saturated heterocycles. The Morgan fingerprint density at radius 2 is 2.31 bits per heavy atom. The zero-order valence-electron chi connectivity index (χ0n) is 9.99. The van der Waals surface area contributed by atoms with Crippen molar-refractivity contribution in [3.8, 4) is 6.07 Å². The Hall–Kier alpha value is -0.890. The van der Waals surface area contributed by atoms with E-state index < -0.39 is 0 Å². The van der Waals surface area contributed by atoms with Crippen molar-refractivity contribution in [1.29, 1.82) is 5.26 Å². The van der Waals surface area contributed by atoms with Gasteiger partial charge < -0.3 is 10.1 Å². The molecule has 1 heterocycles. The fourth-order valence-electron chi connectivity index (χ4n) is 1.57. The zero-order valence-corrected chi connectivity index (χ0v) is 10.8. The number of nitriles is 1. The second-order valence-electron chi connectivity index (χ2n) is 3.76. The molecule has 1 aromatic heterocycles. The number of hydrogen-bond donors (Lipinski definition) is 1. The molecule has 4 heteroatoms. The van der Waals surface area contributed by atoms with Gasteiger partial charge in [0.05, 0.1) is 6.61 Å². The van der Waals surface area contributed by atoms with Crippen LogP contribution in [0.3, 0.4) is 0 Å². The highest BCUT2D eigenvalue weighted by molar-refractivity contribution is 7.12. The summed E-state index contributed by atoms with van der Waals surface area (Å²) in [6, 6.07) is 6.68. The first kappa shape index (κ1) is 13.2. The summed E-state index contributed by atoms with van der Waals surface area (Å²) in [5, 5.41) is 12.3. The molecule has 16 heavy (non-hydrogen) atoms. The average Bonchev–Trinajstić information content (AvgIpc) is 2.76. The van der Waals surface area contributed by atoms with Crippen LogP contribution in [0, 0.1) is 11.3 Å². The van der Waals surface area contributed by atoms with Gasteiger partial charge in [-0.2, -0.15) is 5.26 Å². The van der Waals surface area contributed by atoms with Gasteiger partial charge in [-0.05, 0) is 25.5 Å². The molecule has 1 aromatic rings. The van der Waals surface area contributed by atoms with Crippen molar-refractivity contribution in [2.75, 3.05) is 13.7 Å². The summed E-state index contributed by atoms with van der Waals surface area (Å²) in [7, 11) is 1.72. The maximum absolute atomic E-state index is 8.77. The fourth-order valence-corrected chi connectivity index (χ4v) is 2.38. The van der Waals surface area contributed by atoms with Crippen molar-refractivity contribution in [3.05, 3.63) is 21.9 Å². The summed E-state index contributed by atoms with van der Waals surface area (Å²) in [5.41, 5.74) is 0. The van der Waals surface area contributed by atoms with Crippen LogP contribution in [-0.4, -0.2) is 19.8 Å². The summed E-state index contributed by atoms with van der Waals surface area (Å²) in [6.07, 6.45) is 1.04. The summed E-state index contributed by atoms with van der Waals surface area (Å²) in [4.78, 5) is 1.97. The largest absolute Gasteiger partial charge is 0.383 e. The molecule has 2 atom stereocenters. The molecule has 0 aliphatic heterocycles. The van der Waals surface area contributed by atoms with Crippen molar-refractivity contribution in [1.82, 2.24) is 5.32 Å². The number of thiophene rings is 1. The molecular formula is C12H18N2OS. The number of hydrogen-bond acceptors (Lipinski definition) is 4. The molecule has 0 radical (unpaired) electrons. The van der Waals surface area contributed by atoms with Gasteiger partial charge in [0.1, 0.15) is 10.9 Å². The second-order valence-corrected chi connectivity index (χ2v) is 4.88. The molecule has 0 fully saturated rings. The number of nitrogens with zero attached hydrogens (tertiary/aromatic N) is 1. The van der Waals surface area contributed by atoms with E-state index in [1.807, 2.05) is 12.1 Å². The van der Waals surface area contributed by atoms with Crippen LogP contribution in [0.2, 0.25) is 0 Å². The van der Waals surface area contributed by atoms with E-state index in [4.69, 9.17) is 10.00 Å². The summed E-state index contributed by atoms with van der Waals surface area (Å²) < 4.78 is 5.15. The van der Waals surface area contributed by atoms with Gasteiger partial charge in [-0.25, -0.2) is 0 Å². The van der Waals surface area contributed by atoms with Crippen LogP contribution < -0.4 is 5.32 Å². The van der Waals surface area contributed by atoms with Crippen molar-refractivity contribution in [3.63, 3.8) is 0 Å². The molecule has 0 aliphatic carbocycles. The third-order valence-corrected chi connectivity index (χ3v) is 3.68. The second kappa shape index (κ2) is 6.64. The van der Waals surface area contributed by atoms with Gasteiger partial charge in [0.15, 0.2) is 0 Å². The number of nitrogens with one attached hydrogen (secondary N) is 1. The molecule has 1 N–H and O–H groups in total. The van der Waals surface area contributed by atoms with Crippen molar-refractivity contribution in [2.45, 2.75) is 32.4 Å². The maximum Gasteiger partial charge on any atom is 0.110 e. The van der Waals surface area contributed by atoms with Crippen LogP contribution in [0.4, 0.5) is 0 Å². The van der Waals surface area contributed by atoms with E-state index in [2.05, 4.69) is 25.2 Å². The minimum Gasteiger partial charge on any atom is -0.383 e. The summed E-state index contributed by atoms with van der Waals surface area (Å²) in [5.74, 6) is 0. The number of methoxy groups -OCH3 is 1. The molecule has 2 unspecified atom stereocenters. The maximum atomic E-state index is 8.77. The van der Waals surface area contributed by atoms with Gasteiger partial charge in [-0.1, -0.05) is 6.92 Å². The molecular weight excluding hydrogens is 220 g/mol. The highest BCUT2D eigenvalue weighted by Crippen LogP contribution is 2.23. The van der Waals surface area contributed by atoms with Crippen molar-refractivity contribution < 1.29 is 4.74 Å². The first-order valence-corrected chi connectivity index (χ1v) is 6.27. The van der Waals surface area contributed by atoms with E-state index in [0.717, 1.165) is 17.9 Å². The van der Waals surface area contributed by atoms with Gasteiger partial charge >= 0.3 is 0 Å². The van der Waals surface area contributed by atoms with Crippen LogP contribution in [0.5, 0.6) is 0 Å². The van der Waals surface area contributed by atoms with Crippen LogP contribution in [0.15, 0.2) is 12.1 Å². The highest BCUT2D eigenvalue weighted by Gasteiger charge is 2.13. The Bertz CT molecular complexity index is 356. The van der Waals surface area contributed by atoms with Gasteiger partial charge in [-0.3, -0.25) is 0 Å². The van der Waals surface area contributed by atoms with Gasteiger partial charge in [0, 0.05) is 24.1 Å². The van der Waals surface area contributed by atoms with Crippen LogP contribution in [0.25, 0.3) is 0 Å². The molecule has 1 rings (SSSR count). The van der Waals surface area contributed by atoms with E-state index >= 15 is 0 Å². The normalized spacial score (nSPS) is 14.4. The number of rotatable bonds is 6. The lowest BCUT2D eigenvalue weighted by Gasteiger charge is -2.20. The standard InChI is InChI=1S/C12H18N2OS/c1-4-10(8-15-3)14-9(2)12-6-5-11(7-13)16-12/h5-6,9-10,14H,4,8H2,1-3H3. The van der Waals surface area contributed by atoms with E-state index in [1.165, 1.54) is 4.88 Å². The topological polar surface area (TPSA) is 45.0 Å². The SMILES string of the molecule is CCC(COC)NC(C)c1ccc(C#N)s1. The van der Waals surface area contributed by atoms with Crippen LogP contribution in [-0.2, 0) is 4.74 Å². The lowest BCUT2D eigenvalue weighted by Crippen LogP contribution is -2.34. The van der Waals surface area contributed by atoms with Gasteiger partial charge in [-0.15, -0.1) is 11.3 Å². The minimum absolute atomic E-state index is 0.271. The monoisotopic (exact) mass is 238 g/mol. The molecule has 0 bridgehead atoms.